The Balaban J connectivity index is 1.48. The van der Waals surface area contributed by atoms with Crippen LogP contribution in [0.3, 0.4) is 0 Å². The average Bonchev–Trinajstić information content (AvgIpc) is 3.53. The fraction of sp³-hybridized carbons (Fsp3) is 0.0909. The van der Waals surface area contributed by atoms with Crippen molar-refractivity contribution in [1.82, 2.24) is 25.0 Å². The van der Waals surface area contributed by atoms with Crippen molar-refractivity contribution in [2.45, 2.75) is 17.8 Å². The maximum Gasteiger partial charge on any atom is 0.283 e. The van der Waals surface area contributed by atoms with Gasteiger partial charge in [-0.25, -0.2) is 4.39 Å². The van der Waals surface area contributed by atoms with Crippen molar-refractivity contribution in [2.75, 3.05) is 0 Å². The van der Waals surface area contributed by atoms with E-state index in [9.17, 15) is 4.39 Å². The molecule has 0 radical (unpaired) electrons. The van der Waals surface area contributed by atoms with Crippen molar-refractivity contribution in [3.63, 3.8) is 0 Å². The lowest BCUT2D eigenvalue weighted by atomic mass is 10.2. The van der Waals surface area contributed by atoms with E-state index < -0.39 is 0 Å². The van der Waals surface area contributed by atoms with Crippen LogP contribution in [0.4, 0.5) is 4.39 Å². The number of aryl methyl sites for hydroxylation is 1. The average molecular weight is 433 g/mol. The zero-order chi connectivity index (χ0) is 21.2. The predicted octanol–water partition coefficient (Wildman–Crippen LogP) is 5.32. The zero-order valence-corrected chi connectivity index (χ0v) is 17.2. The number of aromatic nitrogens is 5. The molecular formula is C22H16FN5O2S. The van der Waals surface area contributed by atoms with Crippen molar-refractivity contribution in [1.29, 1.82) is 0 Å². The van der Waals surface area contributed by atoms with E-state index in [2.05, 4.69) is 20.4 Å². The Morgan fingerprint density at radius 3 is 2.55 bits per heavy atom. The number of halogens is 1. The summed E-state index contributed by atoms with van der Waals surface area (Å²) >= 11 is 1.37. The van der Waals surface area contributed by atoms with Gasteiger partial charge >= 0.3 is 0 Å². The highest BCUT2D eigenvalue weighted by Crippen LogP contribution is 2.31. The van der Waals surface area contributed by atoms with E-state index in [0.29, 0.717) is 39.8 Å². The third-order valence-electron chi connectivity index (χ3n) is 4.56. The first-order valence-electron chi connectivity index (χ1n) is 9.45. The third kappa shape index (κ3) is 3.87. The number of hydrogen-bond donors (Lipinski definition) is 0. The lowest BCUT2D eigenvalue weighted by molar-refractivity contribution is 0.494. The zero-order valence-electron chi connectivity index (χ0n) is 16.4. The van der Waals surface area contributed by atoms with Gasteiger partial charge in [0.1, 0.15) is 5.82 Å². The standard InChI is InChI=1S/C22H16FN5O2S/c1-14-8-10-15(11-9-14)28-20(16-5-2-3-6-17(16)23)25-27-22(28)31-13-19-24-26-21(30-19)18-7-4-12-29-18/h2-12H,13H2,1H3. The van der Waals surface area contributed by atoms with Crippen LogP contribution in [0.15, 0.2) is 80.9 Å². The molecule has 0 spiro atoms. The fourth-order valence-corrected chi connectivity index (χ4v) is 3.83. The summed E-state index contributed by atoms with van der Waals surface area (Å²) in [4.78, 5) is 0. The van der Waals surface area contributed by atoms with Gasteiger partial charge < -0.3 is 8.83 Å². The summed E-state index contributed by atoms with van der Waals surface area (Å²) in [6, 6.07) is 17.9. The topological polar surface area (TPSA) is 82.8 Å². The Labute approximate surface area is 181 Å². The number of thioether (sulfide) groups is 1. The minimum Gasteiger partial charge on any atom is -0.459 e. The maximum atomic E-state index is 14.5. The molecule has 0 atom stereocenters. The molecule has 0 saturated heterocycles. The number of hydrogen-bond acceptors (Lipinski definition) is 7. The highest BCUT2D eigenvalue weighted by Gasteiger charge is 2.20. The molecule has 0 fully saturated rings. The summed E-state index contributed by atoms with van der Waals surface area (Å²) in [6.07, 6.45) is 1.54. The van der Waals surface area contributed by atoms with Gasteiger partial charge in [0.2, 0.25) is 5.89 Å². The molecule has 7 nitrogen and oxygen atoms in total. The molecule has 0 bridgehead atoms. The van der Waals surface area contributed by atoms with Crippen LogP contribution < -0.4 is 0 Å². The van der Waals surface area contributed by atoms with Crippen LogP contribution in [0.1, 0.15) is 11.5 Å². The van der Waals surface area contributed by atoms with Crippen LogP contribution >= 0.6 is 11.8 Å². The second kappa shape index (κ2) is 8.19. The van der Waals surface area contributed by atoms with E-state index in [1.807, 2.05) is 35.8 Å². The first-order chi connectivity index (χ1) is 15.2. The number of nitrogens with zero attached hydrogens (tertiary/aromatic N) is 5. The van der Waals surface area contributed by atoms with Crippen molar-refractivity contribution < 1.29 is 13.2 Å². The quantitative estimate of drug-likeness (QED) is 0.335. The summed E-state index contributed by atoms with van der Waals surface area (Å²) in [5.41, 5.74) is 2.33. The third-order valence-corrected chi connectivity index (χ3v) is 5.48. The van der Waals surface area contributed by atoms with Gasteiger partial charge in [0, 0.05) is 5.69 Å². The molecule has 3 heterocycles. The minimum atomic E-state index is -0.361. The van der Waals surface area contributed by atoms with Gasteiger partial charge in [0.05, 0.1) is 17.6 Å². The molecule has 0 aliphatic rings. The molecule has 31 heavy (non-hydrogen) atoms. The van der Waals surface area contributed by atoms with Gasteiger partial charge in [-0.3, -0.25) is 4.57 Å². The SMILES string of the molecule is Cc1ccc(-n2c(SCc3nnc(-c4ccco4)o3)nnc2-c2ccccc2F)cc1. The normalized spacial score (nSPS) is 11.2. The summed E-state index contributed by atoms with van der Waals surface area (Å²) in [5.74, 6) is 1.67. The highest BCUT2D eigenvalue weighted by molar-refractivity contribution is 7.98. The van der Waals surface area contributed by atoms with E-state index in [4.69, 9.17) is 8.83 Å². The Hall–Kier alpha value is -3.72. The van der Waals surface area contributed by atoms with Crippen molar-refractivity contribution >= 4 is 11.8 Å². The smallest absolute Gasteiger partial charge is 0.283 e. The van der Waals surface area contributed by atoms with E-state index in [0.717, 1.165) is 11.3 Å². The van der Waals surface area contributed by atoms with Crippen LogP contribution in [0, 0.1) is 12.7 Å². The van der Waals surface area contributed by atoms with Crippen molar-refractivity contribution in [3.8, 4) is 28.7 Å². The molecule has 2 aromatic carbocycles. The Bertz CT molecular complexity index is 1310. The molecule has 3 aromatic heterocycles. The number of rotatable bonds is 6. The molecule has 5 aromatic rings. The molecule has 0 unspecified atom stereocenters. The summed E-state index contributed by atoms with van der Waals surface area (Å²) in [7, 11) is 0. The van der Waals surface area contributed by atoms with E-state index >= 15 is 0 Å². The second-order valence-electron chi connectivity index (χ2n) is 6.72. The maximum absolute atomic E-state index is 14.5. The van der Waals surface area contributed by atoms with E-state index in [-0.39, 0.29) is 5.82 Å². The molecule has 0 aliphatic heterocycles. The molecule has 0 amide bonds. The monoisotopic (exact) mass is 433 g/mol. The molecule has 0 saturated carbocycles. The lowest BCUT2D eigenvalue weighted by Crippen LogP contribution is -2.01. The van der Waals surface area contributed by atoms with Crippen LogP contribution in [0.2, 0.25) is 0 Å². The first-order valence-corrected chi connectivity index (χ1v) is 10.4. The summed E-state index contributed by atoms with van der Waals surface area (Å²) < 4.78 is 27.3. The first kappa shape index (κ1) is 19.3. The summed E-state index contributed by atoms with van der Waals surface area (Å²) in [6.45, 7) is 2.01. The van der Waals surface area contributed by atoms with E-state index in [1.54, 1.807) is 36.6 Å². The van der Waals surface area contributed by atoms with Crippen LogP contribution in [0.25, 0.3) is 28.7 Å². The lowest BCUT2D eigenvalue weighted by Gasteiger charge is -2.10. The second-order valence-corrected chi connectivity index (χ2v) is 7.67. The molecule has 5 rings (SSSR count). The van der Waals surface area contributed by atoms with Crippen LogP contribution in [-0.4, -0.2) is 25.0 Å². The Morgan fingerprint density at radius 1 is 0.935 bits per heavy atom. The largest absolute Gasteiger partial charge is 0.459 e. The molecular weight excluding hydrogens is 417 g/mol. The highest BCUT2D eigenvalue weighted by atomic mass is 32.2. The van der Waals surface area contributed by atoms with Gasteiger partial charge in [0.25, 0.3) is 5.89 Å². The van der Waals surface area contributed by atoms with Crippen LogP contribution in [0.5, 0.6) is 0 Å². The van der Waals surface area contributed by atoms with Gasteiger partial charge in [-0.05, 0) is 43.3 Å². The van der Waals surface area contributed by atoms with E-state index in [1.165, 1.54) is 17.8 Å². The fourth-order valence-electron chi connectivity index (χ4n) is 3.05. The Kier molecular flexibility index (Phi) is 5.09. The van der Waals surface area contributed by atoms with Crippen molar-refractivity contribution in [2.24, 2.45) is 0 Å². The number of benzene rings is 2. The molecule has 154 valence electrons. The van der Waals surface area contributed by atoms with Gasteiger partial charge in [-0.1, -0.05) is 41.6 Å². The van der Waals surface area contributed by atoms with Gasteiger partial charge in [-0.15, -0.1) is 20.4 Å². The van der Waals surface area contributed by atoms with Crippen LogP contribution in [-0.2, 0) is 5.75 Å². The summed E-state index contributed by atoms with van der Waals surface area (Å²) in [5, 5.41) is 17.2. The van der Waals surface area contributed by atoms with Gasteiger partial charge in [0.15, 0.2) is 16.7 Å². The number of furan rings is 1. The molecule has 9 heteroatoms. The minimum absolute atomic E-state index is 0.313. The Morgan fingerprint density at radius 2 is 1.77 bits per heavy atom. The molecule has 0 N–H and O–H groups in total. The van der Waals surface area contributed by atoms with Crippen molar-refractivity contribution in [3.05, 3.63) is 84.2 Å². The van der Waals surface area contributed by atoms with Gasteiger partial charge in [-0.2, -0.15) is 0 Å². The molecule has 0 aliphatic carbocycles. The predicted molar refractivity (Wildman–Crippen MR) is 113 cm³/mol.